The lowest BCUT2D eigenvalue weighted by Crippen LogP contribution is -2.49. The van der Waals surface area contributed by atoms with E-state index in [1.54, 1.807) is 19.1 Å². The summed E-state index contributed by atoms with van der Waals surface area (Å²) >= 11 is 1.53. The van der Waals surface area contributed by atoms with Crippen LogP contribution in [0, 0.1) is 24.7 Å². The fourth-order valence-corrected chi connectivity index (χ4v) is 6.89. The predicted octanol–water partition coefficient (Wildman–Crippen LogP) is 4.76. The summed E-state index contributed by atoms with van der Waals surface area (Å²) < 4.78 is 7.28. The van der Waals surface area contributed by atoms with E-state index in [0.29, 0.717) is 31.6 Å². The van der Waals surface area contributed by atoms with Gasteiger partial charge in [-0.05, 0) is 80.9 Å². The highest BCUT2D eigenvalue weighted by atomic mass is 32.1. The molecule has 0 saturated carbocycles. The van der Waals surface area contributed by atoms with E-state index < -0.39 is 18.1 Å². The largest absolute Gasteiger partial charge is 0.497 e. The molecule has 46 heavy (non-hydrogen) atoms. The molecule has 2 amide bonds. The zero-order valence-electron chi connectivity index (χ0n) is 26.8. The Hall–Kier alpha value is -3.99. The van der Waals surface area contributed by atoms with Gasteiger partial charge in [0.15, 0.2) is 0 Å². The molecule has 0 fully saturated rings. The molecular weight excluding hydrogens is 598 g/mol. The third kappa shape index (κ3) is 9.05. The highest BCUT2D eigenvalue weighted by molar-refractivity contribution is 7.09. The fourth-order valence-electron chi connectivity index (χ4n) is 6.07. The quantitative estimate of drug-likeness (QED) is 0.274. The van der Waals surface area contributed by atoms with Gasteiger partial charge >= 0.3 is 0 Å². The molecule has 244 valence electrons. The van der Waals surface area contributed by atoms with Gasteiger partial charge in [-0.15, -0.1) is 11.3 Å². The van der Waals surface area contributed by atoms with E-state index in [9.17, 15) is 14.7 Å². The number of aryl methyl sites for hydroxylation is 1. The lowest BCUT2D eigenvalue weighted by atomic mass is 9.89. The van der Waals surface area contributed by atoms with Crippen molar-refractivity contribution < 1.29 is 19.4 Å². The Bertz CT molecular complexity index is 1530. The molecule has 0 radical (unpaired) electrons. The van der Waals surface area contributed by atoms with Gasteiger partial charge in [-0.1, -0.05) is 30.4 Å². The highest BCUT2D eigenvalue weighted by Crippen LogP contribution is 2.29. The standard InChI is InChI=1S/C36H45N5O4S/c1-25-24-46-34(38-25)23-40(2)36(44)29-18-28(19-30(20-29)41-14-7-8-15-41)35(43)39-32(17-26-10-5-4-6-11-26)33(42)22-37-21-27-12-9-13-31(16-27)45-3/h4-10,13-16,19-20,24,26-27,29,32-33,37,42H,11-12,17-18,21-23H2,1-3H3,(H,39,43)/t26?,27?,29?,32-,33+/m0/s1. The van der Waals surface area contributed by atoms with Crippen LogP contribution >= 0.6 is 11.3 Å². The second-order valence-electron chi connectivity index (χ2n) is 12.3. The van der Waals surface area contributed by atoms with Crippen LogP contribution in [0.25, 0.3) is 5.70 Å². The molecule has 5 atom stereocenters. The topological polar surface area (TPSA) is 109 Å². The summed E-state index contributed by atoms with van der Waals surface area (Å²) in [5.74, 6) is 0.465. The van der Waals surface area contributed by atoms with Crippen molar-refractivity contribution in [2.75, 3.05) is 27.2 Å². The first-order valence-corrected chi connectivity index (χ1v) is 16.8. The van der Waals surface area contributed by atoms with E-state index in [4.69, 9.17) is 4.74 Å². The number of methoxy groups -OCH3 is 1. The number of aliphatic hydroxyl groups excluding tert-OH is 1. The molecular formula is C36H45N5O4S. The molecule has 0 saturated heterocycles. The number of hydrogen-bond acceptors (Lipinski definition) is 7. The minimum absolute atomic E-state index is 0.0703. The van der Waals surface area contributed by atoms with E-state index in [-0.39, 0.29) is 30.1 Å². The van der Waals surface area contributed by atoms with Crippen LogP contribution in [0.1, 0.15) is 36.4 Å². The first-order chi connectivity index (χ1) is 22.3. The van der Waals surface area contributed by atoms with Crippen molar-refractivity contribution in [1.29, 1.82) is 0 Å². The van der Waals surface area contributed by atoms with Gasteiger partial charge in [0.1, 0.15) is 10.8 Å². The Morgan fingerprint density at radius 3 is 2.70 bits per heavy atom. The monoisotopic (exact) mass is 643 g/mol. The van der Waals surface area contributed by atoms with Crippen LogP contribution in [0.3, 0.4) is 0 Å². The number of carbonyl (C=O) groups is 2. The van der Waals surface area contributed by atoms with Gasteiger partial charge in [-0.25, -0.2) is 4.98 Å². The predicted molar refractivity (Wildman–Crippen MR) is 182 cm³/mol. The summed E-state index contributed by atoms with van der Waals surface area (Å²) in [6.45, 7) is 3.38. The molecule has 2 aromatic rings. The van der Waals surface area contributed by atoms with E-state index in [1.165, 1.54) is 11.3 Å². The number of rotatable bonds is 14. The second-order valence-corrected chi connectivity index (χ2v) is 13.2. The number of aliphatic hydroxyl groups is 1. The van der Waals surface area contributed by atoms with Crippen LogP contribution in [0.15, 0.2) is 95.9 Å². The van der Waals surface area contributed by atoms with Crippen molar-refractivity contribution in [2.45, 2.75) is 51.3 Å². The van der Waals surface area contributed by atoms with Gasteiger partial charge in [0.2, 0.25) is 11.8 Å². The van der Waals surface area contributed by atoms with Crippen molar-refractivity contribution in [1.82, 2.24) is 25.1 Å². The van der Waals surface area contributed by atoms with Crippen LogP contribution in [0.4, 0.5) is 0 Å². The molecule has 0 spiro atoms. The number of nitrogens with zero attached hydrogens (tertiary/aromatic N) is 3. The zero-order valence-corrected chi connectivity index (χ0v) is 27.7. The number of ether oxygens (including phenoxy) is 1. The lowest BCUT2D eigenvalue weighted by molar-refractivity contribution is -0.133. The summed E-state index contributed by atoms with van der Waals surface area (Å²) in [6, 6.07) is 3.35. The second kappa shape index (κ2) is 16.0. The molecule has 3 unspecified atom stereocenters. The van der Waals surface area contributed by atoms with Gasteiger partial charge in [-0.3, -0.25) is 9.59 Å². The summed E-state index contributed by atoms with van der Waals surface area (Å²) in [5.41, 5.74) is 2.21. The third-order valence-corrected chi connectivity index (χ3v) is 9.54. The SMILES string of the molecule is COC1=CC(CNC[C@@H](O)[C@H](CC2C=CC=CC2)NC(=O)C2=CC(n3cccc3)=CC(C(=O)N(C)Cc3nc(C)cs3)C2)CC=C1. The molecule has 0 aliphatic heterocycles. The number of hydrogen-bond donors (Lipinski definition) is 3. The van der Waals surface area contributed by atoms with Crippen LogP contribution in [0.5, 0.6) is 0 Å². The van der Waals surface area contributed by atoms with E-state index in [2.05, 4.69) is 39.9 Å². The van der Waals surface area contributed by atoms with Crippen LogP contribution in [-0.2, 0) is 20.9 Å². The lowest BCUT2D eigenvalue weighted by Gasteiger charge is -2.30. The van der Waals surface area contributed by atoms with Gasteiger partial charge in [-0.2, -0.15) is 0 Å². The maximum absolute atomic E-state index is 13.9. The molecule has 3 aliphatic carbocycles. The summed E-state index contributed by atoms with van der Waals surface area (Å²) in [6.07, 6.45) is 23.9. The average molecular weight is 644 g/mol. The van der Waals surface area contributed by atoms with Gasteiger partial charge in [0.25, 0.3) is 0 Å². The molecule has 3 aliphatic rings. The third-order valence-electron chi connectivity index (χ3n) is 8.58. The Morgan fingerprint density at radius 2 is 1.98 bits per heavy atom. The molecule has 0 aromatic carbocycles. The Kier molecular flexibility index (Phi) is 11.6. The summed E-state index contributed by atoms with van der Waals surface area (Å²) in [7, 11) is 3.44. The smallest absolute Gasteiger partial charge is 0.247 e. The molecule has 0 bridgehead atoms. The molecule has 2 aromatic heterocycles. The Balaban J connectivity index is 1.28. The maximum Gasteiger partial charge on any atom is 0.247 e. The summed E-state index contributed by atoms with van der Waals surface area (Å²) in [4.78, 5) is 33.8. The normalized spacial score (nSPS) is 22.0. The Labute approximate surface area is 275 Å². The Morgan fingerprint density at radius 1 is 1.17 bits per heavy atom. The molecule has 9 nitrogen and oxygen atoms in total. The van der Waals surface area contributed by atoms with Crippen LogP contribution < -0.4 is 10.6 Å². The number of allylic oxidation sites excluding steroid dienone is 8. The summed E-state index contributed by atoms with van der Waals surface area (Å²) in [5, 5.41) is 20.8. The van der Waals surface area contributed by atoms with Crippen molar-refractivity contribution in [2.24, 2.45) is 17.8 Å². The van der Waals surface area contributed by atoms with Crippen molar-refractivity contribution in [3.05, 3.63) is 107 Å². The van der Waals surface area contributed by atoms with Gasteiger partial charge in [0.05, 0.1) is 31.7 Å². The van der Waals surface area contributed by atoms with Crippen molar-refractivity contribution in [3.8, 4) is 0 Å². The fraction of sp³-hybridized carbons (Fsp3) is 0.417. The zero-order chi connectivity index (χ0) is 32.5. The highest BCUT2D eigenvalue weighted by Gasteiger charge is 2.31. The van der Waals surface area contributed by atoms with Gasteiger partial charge < -0.3 is 29.9 Å². The first kappa shape index (κ1) is 33.4. The van der Waals surface area contributed by atoms with E-state index in [1.807, 2.05) is 71.8 Å². The van der Waals surface area contributed by atoms with E-state index in [0.717, 1.165) is 35.0 Å². The van der Waals surface area contributed by atoms with Crippen molar-refractivity contribution >= 4 is 28.8 Å². The molecule has 10 heteroatoms. The number of carbonyl (C=O) groups excluding carboxylic acids is 2. The minimum Gasteiger partial charge on any atom is -0.497 e. The maximum atomic E-state index is 13.9. The number of thiazole rings is 1. The molecule has 3 N–H and O–H groups in total. The van der Waals surface area contributed by atoms with Gasteiger partial charge in [0, 0.05) is 54.9 Å². The average Bonchev–Trinajstić information content (AvgIpc) is 3.76. The van der Waals surface area contributed by atoms with Crippen LogP contribution in [-0.4, -0.2) is 70.8 Å². The van der Waals surface area contributed by atoms with E-state index >= 15 is 0 Å². The van der Waals surface area contributed by atoms with Crippen LogP contribution in [0.2, 0.25) is 0 Å². The molecule has 5 rings (SSSR count). The number of nitrogens with one attached hydrogen (secondary N) is 2. The minimum atomic E-state index is -0.803. The van der Waals surface area contributed by atoms with Crippen molar-refractivity contribution in [3.63, 3.8) is 0 Å². The number of amides is 2. The first-order valence-electron chi connectivity index (χ1n) is 16.0. The molecule has 2 heterocycles. The number of aromatic nitrogens is 2.